The number of imidazole rings is 1. The number of benzene rings is 5. The molecule has 0 N–H and O–H groups in total. The third kappa shape index (κ3) is 4.27. The molecule has 0 aliphatic carbocycles. The SMILES string of the molecule is c1ccc(P(c2ccccc2)c2cccc(-c3ccc(-c4nc5ccccc5c5nc6ccccn6c45)cc3)c2)cc1. The summed E-state index contributed by atoms with van der Waals surface area (Å²) in [5.41, 5.74) is 8.32. The number of pyridine rings is 2. The largest absolute Gasteiger partial charge is 0.298 e. The predicted molar refractivity (Wildman–Crippen MR) is 178 cm³/mol. The quantitative estimate of drug-likeness (QED) is 0.201. The second-order valence-electron chi connectivity index (χ2n) is 10.3. The van der Waals surface area contributed by atoms with Crippen LogP contribution in [0.3, 0.4) is 0 Å². The van der Waals surface area contributed by atoms with Gasteiger partial charge < -0.3 is 0 Å². The summed E-state index contributed by atoms with van der Waals surface area (Å²) in [6.45, 7) is 0. The van der Waals surface area contributed by atoms with Crippen LogP contribution in [0, 0.1) is 0 Å². The van der Waals surface area contributed by atoms with E-state index in [9.17, 15) is 0 Å². The molecule has 0 aliphatic heterocycles. The molecule has 3 aromatic heterocycles. The molecule has 0 aliphatic rings. The highest BCUT2D eigenvalue weighted by Gasteiger charge is 2.18. The molecule has 3 nitrogen and oxygen atoms in total. The minimum absolute atomic E-state index is 0.663. The Morgan fingerprint density at radius 3 is 1.88 bits per heavy atom. The summed E-state index contributed by atoms with van der Waals surface area (Å²) in [5, 5.41) is 5.12. The Morgan fingerprint density at radius 1 is 0.476 bits per heavy atom. The van der Waals surface area contributed by atoms with Gasteiger partial charge in [-0.1, -0.05) is 127 Å². The first kappa shape index (κ1) is 24.7. The molecule has 8 rings (SSSR count). The van der Waals surface area contributed by atoms with Crippen LogP contribution in [0.1, 0.15) is 0 Å². The Hall–Kier alpha value is -5.11. The van der Waals surface area contributed by atoms with Gasteiger partial charge in [0.1, 0.15) is 11.2 Å². The number of hydrogen-bond donors (Lipinski definition) is 0. The van der Waals surface area contributed by atoms with Gasteiger partial charge in [0.05, 0.1) is 16.7 Å². The van der Waals surface area contributed by atoms with Gasteiger partial charge in [-0.3, -0.25) is 4.40 Å². The zero-order valence-corrected chi connectivity index (χ0v) is 23.7. The molecular formula is C38H26N3P. The molecule has 0 spiro atoms. The van der Waals surface area contributed by atoms with Crippen molar-refractivity contribution in [2.45, 2.75) is 0 Å². The number of fused-ring (bicyclic) bond motifs is 5. The Balaban J connectivity index is 1.23. The lowest BCUT2D eigenvalue weighted by Crippen LogP contribution is -2.20. The Labute approximate surface area is 245 Å². The highest BCUT2D eigenvalue weighted by Crippen LogP contribution is 2.36. The molecule has 3 heterocycles. The van der Waals surface area contributed by atoms with E-state index in [1.807, 2.05) is 24.3 Å². The monoisotopic (exact) mass is 555 g/mol. The molecule has 0 unspecified atom stereocenters. The van der Waals surface area contributed by atoms with Crippen LogP contribution >= 0.6 is 7.92 Å². The van der Waals surface area contributed by atoms with E-state index in [1.54, 1.807) is 0 Å². The van der Waals surface area contributed by atoms with Crippen molar-refractivity contribution in [3.63, 3.8) is 0 Å². The average molecular weight is 556 g/mol. The van der Waals surface area contributed by atoms with Crippen LogP contribution < -0.4 is 15.9 Å². The van der Waals surface area contributed by atoms with Gasteiger partial charge in [-0.2, -0.15) is 0 Å². The van der Waals surface area contributed by atoms with E-state index in [0.717, 1.165) is 38.8 Å². The fourth-order valence-electron chi connectivity index (χ4n) is 5.80. The molecule has 4 heteroatoms. The fourth-order valence-corrected chi connectivity index (χ4v) is 8.14. The van der Waals surface area contributed by atoms with Crippen molar-refractivity contribution < 1.29 is 0 Å². The second kappa shape index (κ2) is 10.4. The predicted octanol–water partition coefficient (Wildman–Crippen LogP) is 8.13. The molecule has 0 atom stereocenters. The van der Waals surface area contributed by atoms with Gasteiger partial charge in [0.2, 0.25) is 0 Å². The maximum Gasteiger partial charge on any atom is 0.137 e. The molecule has 198 valence electrons. The van der Waals surface area contributed by atoms with Crippen molar-refractivity contribution in [1.82, 2.24) is 14.4 Å². The third-order valence-electron chi connectivity index (χ3n) is 7.77. The van der Waals surface area contributed by atoms with Gasteiger partial charge in [-0.15, -0.1) is 0 Å². The Kier molecular flexibility index (Phi) is 6.09. The van der Waals surface area contributed by atoms with E-state index in [0.29, 0.717) is 0 Å². The van der Waals surface area contributed by atoms with Crippen LogP contribution in [0.5, 0.6) is 0 Å². The smallest absolute Gasteiger partial charge is 0.137 e. The Morgan fingerprint density at radius 2 is 1.12 bits per heavy atom. The number of rotatable bonds is 5. The molecule has 5 aromatic carbocycles. The van der Waals surface area contributed by atoms with Gasteiger partial charge in [0.15, 0.2) is 0 Å². The standard InChI is InChI=1S/C38H26N3P/c1-3-13-30(14-4-1)42(31-15-5-2-6-16-31)32-17-11-12-29(26-32)27-21-23-28(24-22-27)36-38-37(33-18-7-8-19-34(33)39-36)40-35-20-9-10-25-41(35)38/h1-26H. The van der Waals surface area contributed by atoms with Crippen molar-refractivity contribution in [3.05, 3.63) is 158 Å². The first-order valence-corrected chi connectivity index (χ1v) is 15.4. The molecule has 0 bridgehead atoms. The van der Waals surface area contributed by atoms with Gasteiger partial charge in [-0.25, -0.2) is 9.97 Å². The van der Waals surface area contributed by atoms with Crippen molar-refractivity contribution in [3.8, 4) is 22.4 Å². The fraction of sp³-hybridized carbons (Fsp3) is 0. The lowest BCUT2D eigenvalue weighted by Gasteiger charge is -2.20. The zero-order valence-electron chi connectivity index (χ0n) is 22.8. The normalized spacial score (nSPS) is 11.5. The van der Waals surface area contributed by atoms with E-state index in [-0.39, 0.29) is 0 Å². The van der Waals surface area contributed by atoms with Crippen molar-refractivity contribution in [1.29, 1.82) is 0 Å². The van der Waals surface area contributed by atoms with Crippen LogP contribution in [-0.2, 0) is 0 Å². The summed E-state index contributed by atoms with van der Waals surface area (Å²) < 4.78 is 2.15. The van der Waals surface area contributed by atoms with Crippen LogP contribution in [0.4, 0.5) is 0 Å². The number of hydrogen-bond acceptors (Lipinski definition) is 2. The first-order valence-electron chi connectivity index (χ1n) is 14.1. The van der Waals surface area contributed by atoms with Crippen molar-refractivity contribution in [2.24, 2.45) is 0 Å². The zero-order chi connectivity index (χ0) is 27.9. The molecule has 8 aromatic rings. The minimum Gasteiger partial charge on any atom is -0.298 e. The summed E-state index contributed by atoms with van der Waals surface area (Å²) in [5.74, 6) is 0. The molecule has 0 fully saturated rings. The number of para-hydroxylation sites is 1. The van der Waals surface area contributed by atoms with E-state index < -0.39 is 7.92 Å². The summed E-state index contributed by atoms with van der Waals surface area (Å²) in [4.78, 5) is 10.1. The molecule has 0 saturated carbocycles. The van der Waals surface area contributed by atoms with Gasteiger partial charge in [0.25, 0.3) is 0 Å². The van der Waals surface area contributed by atoms with Gasteiger partial charge in [0, 0.05) is 17.1 Å². The highest BCUT2D eigenvalue weighted by molar-refractivity contribution is 7.79. The highest BCUT2D eigenvalue weighted by atomic mass is 31.1. The lowest BCUT2D eigenvalue weighted by molar-refractivity contribution is 1.22. The van der Waals surface area contributed by atoms with Gasteiger partial charge >= 0.3 is 0 Å². The van der Waals surface area contributed by atoms with Crippen molar-refractivity contribution >= 4 is 51.4 Å². The average Bonchev–Trinajstić information content (AvgIpc) is 3.46. The van der Waals surface area contributed by atoms with E-state index in [4.69, 9.17) is 9.97 Å². The summed E-state index contributed by atoms with van der Waals surface area (Å²) in [6, 6.07) is 53.9. The van der Waals surface area contributed by atoms with E-state index >= 15 is 0 Å². The summed E-state index contributed by atoms with van der Waals surface area (Å²) >= 11 is 0. The van der Waals surface area contributed by atoms with Crippen molar-refractivity contribution in [2.75, 3.05) is 0 Å². The molecule has 0 saturated heterocycles. The van der Waals surface area contributed by atoms with E-state index in [2.05, 4.69) is 138 Å². The van der Waals surface area contributed by atoms with Crippen LogP contribution in [0.15, 0.2) is 158 Å². The minimum atomic E-state index is -0.663. The summed E-state index contributed by atoms with van der Waals surface area (Å²) in [7, 11) is -0.663. The van der Waals surface area contributed by atoms with Crippen LogP contribution in [0.2, 0.25) is 0 Å². The van der Waals surface area contributed by atoms with Gasteiger partial charge in [-0.05, 0) is 59.2 Å². The Bertz CT molecular complexity index is 2150. The lowest BCUT2D eigenvalue weighted by atomic mass is 10.0. The topological polar surface area (TPSA) is 30.2 Å². The maximum atomic E-state index is 5.14. The number of nitrogens with zero attached hydrogens (tertiary/aromatic N) is 3. The van der Waals surface area contributed by atoms with Crippen LogP contribution in [-0.4, -0.2) is 14.4 Å². The summed E-state index contributed by atoms with van der Waals surface area (Å²) in [6.07, 6.45) is 2.07. The van der Waals surface area contributed by atoms with E-state index in [1.165, 1.54) is 27.0 Å². The molecule has 0 amide bonds. The molecular weight excluding hydrogens is 529 g/mol. The molecule has 42 heavy (non-hydrogen) atoms. The third-order valence-corrected chi connectivity index (χ3v) is 10.2. The maximum absolute atomic E-state index is 5.14. The molecule has 0 radical (unpaired) electrons. The second-order valence-corrected chi connectivity index (χ2v) is 12.6. The van der Waals surface area contributed by atoms with Crippen LogP contribution in [0.25, 0.3) is 50.0 Å². The number of aromatic nitrogens is 3. The first-order chi connectivity index (χ1) is 20.8.